The van der Waals surface area contributed by atoms with Crippen LogP contribution in [0, 0.1) is 6.92 Å². The predicted octanol–water partition coefficient (Wildman–Crippen LogP) is 3.40. The van der Waals surface area contributed by atoms with Gasteiger partial charge in [-0.3, -0.25) is 4.79 Å². The Balaban J connectivity index is 1.72. The number of hydrogen-bond acceptors (Lipinski definition) is 6. The molecule has 2 aromatic carbocycles. The molecule has 154 valence electrons. The molecule has 8 nitrogen and oxygen atoms in total. The Kier molecular flexibility index (Phi) is 6.26. The van der Waals surface area contributed by atoms with Crippen LogP contribution in [0.25, 0.3) is 5.69 Å². The minimum absolute atomic E-state index is 0.290. The fourth-order valence-electron chi connectivity index (χ4n) is 2.84. The first-order chi connectivity index (χ1) is 14.4. The normalized spacial score (nSPS) is 10.4. The number of aromatic nitrogens is 2. The van der Waals surface area contributed by atoms with Gasteiger partial charge in [0.2, 0.25) is 0 Å². The summed E-state index contributed by atoms with van der Waals surface area (Å²) >= 11 is 0. The molecule has 0 aliphatic carbocycles. The molecule has 0 saturated heterocycles. The first-order valence-electron chi connectivity index (χ1n) is 9.26. The van der Waals surface area contributed by atoms with E-state index >= 15 is 0 Å². The lowest BCUT2D eigenvalue weighted by Gasteiger charge is -2.08. The molecule has 0 unspecified atom stereocenters. The Morgan fingerprint density at radius 3 is 2.20 bits per heavy atom. The largest absolute Gasteiger partial charge is 0.465 e. The first kappa shape index (κ1) is 20.8. The number of esters is 2. The minimum Gasteiger partial charge on any atom is -0.465 e. The van der Waals surface area contributed by atoms with Crippen LogP contribution < -0.4 is 5.32 Å². The van der Waals surface area contributed by atoms with Crippen molar-refractivity contribution in [2.45, 2.75) is 13.8 Å². The summed E-state index contributed by atoms with van der Waals surface area (Å²) in [5, 5.41) is 7.01. The second-order valence-electron chi connectivity index (χ2n) is 6.35. The van der Waals surface area contributed by atoms with E-state index in [4.69, 9.17) is 4.74 Å². The number of ether oxygens (including phenoxy) is 2. The van der Waals surface area contributed by atoms with E-state index in [2.05, 4.69) is 15.2 Å². The summed E-state index contributed by atoms with van der Waals surface area (Å²) in [5.74, 6) is -1.16. The third-order valence-corrected chi connectivity index (χ3v) is 4.44. The van der Waals surface area contributed by atoms with Gasteiger partial charge in [-0.1, -0.05) is 0 Å². The maximum atomic E-state index is 12.5. The summed E-state index contributed by atoms with van der Waals surface area (Å²) in [6.07, 6.45) is 1.46. The average molecular weight is 407 g/mol. The molecule has 0 radical (unpaired) electrons. The topological polar surface area (TPSA) is 99.5 Å². The van der Waals surface area contributed by atoms with Gasteiger partial charge in [0, 0.05) is 11.3 Å². The molecule has 0 aliphatic rings. The lowest BCUT2D eigenvalue weighted by molar-refractivity contribution is 0.0524. The summed E-state index contributed by atoms with van der Waals surface area (Å²) in [6.45, 7) is 3.81. The highest BCUT2D eigenvalue weighted by Gasteiger charge is 2.16. The smallest absolute Gasteiger partial charge is 0.341 e. The number of carbonyl (C=O) groups is 3. The van der Waals surface area contributed by atoms with Gasteiger partial charge in [-0.2, -0.15) is 5.10 Å². The molecule has 0 atom stereocenters. The zero-order valence-corrected chi connectivity index (χ0v) is 16.8. The van der Waals surface area contributed by atoms with Gasteiger partial charge in [-0.05, 0) is 62.4 Å². The van der Waals surface area contributed by atoms with Crippen LogP contribution >= 0.6 is 0 Å². The molecule has 1 aromatic heterocycles. The summed E-state index contributed by atoms with van der Waals surface area (Å²) in [7, 11) is 1.31. The minimum atomic E-state index is -0.441. The quantitative estimate of drug-likeness (QED) is 0.629. The highest BCUT2D eigenvalue weighted by atomic mass is 16.5. The van der Waals surface area contributed by atoms with Crippen LogP contribution in [0.5, 0.6) is 0 Å². The predicted molar refractivity (Wildman–Crippen MR) is 110 cm³/mol. The third kappa shape index (κ3) is 4.38. The van der Waals surface area contributed by atoms with E-state index in [1.807, 2.05) is 0 Å². The van der Waals surface area contributed by atoms with Gasteiger partial charge in [-0.15, -0.1) is 0 Å². The molecule has 0 saturated carbocycles. The van der Waals surface area contributed by atoms with Crippen LogP contribution in [0.2, 0.25) is 0 Å². The molecule has 0 fully saturated rings. The number of benzene rings is 2. The van der Waals surface area contributed by atoms with Gasteiger partial charge >= 0.3 is 11.9 Å². The number of carbonyl (C=O) groups excluding carboxylic acids is 3. The molecular weight excluding hydrogens is 386 g/mol. The van der Waals surface area contributed by atoms with E-state index in [9.17, 15) is 14.4 Å². The summed E-state index contributed by atoms with van der Waals surface area (Å²) in [4.78, 5) is 35.9. The molecule has 1 heterocycles. The van der Waals surface area contributed by atoms with E-state index in [1.54, 1.807) is 67.1 Å². The van der Waals surface area contributed by atoms with Crippen LogP contribution in [0.1, 0.15) is 43.7 Å². The molecular formula is C22H21N3O5. The number of hydrogen-bond donors (Lipinski definition) is 1. The Hall–Kier alpha value is -3.94. The Bertz CT molecular complexity index is 1070. The van der Waals surface area contributed by atoms with Crippen molar-refractivity contribution < 1.29 is 23.9 Å². The number of amides is 1. The molecule has 3 aromatic rings. The number of rotatable bonds is 6. The van der Waals surface area contributed by atoms with E-state index in [0.29, 0.717) is 40.4 Å². The fourth-order valence-corrected chi connectivity index (χ4v) is 2.84. The molecule has 1 amide bonds. The molecule has 8 heteroatoms. The van der Waals surface area contributed by atoms with Gasteiger partial charge in [0.15, 0.2) is 0 Å². The van der Waals surface area contributed by atoms with Crippen molar-refractivity contribution in [3.63, 3.8) is 0 Å². The highest BCUT2D eigenvalue weighted by Crippen LogP contribution is 2.17. The second-order valence-corrected chi connectivity index (χ2v) is 6.35. The maximum absolute atomic E-state index is 12.5. The number of anilines is 1. The SMILES string of the molecule is CCOC(=O)c1cnn(-c2ccc(C(=O)Nc3ccc(C(=O)OC)cc3)cc2)c1C. The van der Waals surface area contributed by atoms with Gasteiger partial charge in [0.25, 0.3) is 5.91 Å². The summed E-state index contributed by atoms with van der Waals surface area (Å²) in [6, 6.07) is 13.2. The van der Waals surface area contributed by atoms with Crippen LogP contribution in [-0.4, -0.2) is 41.3 Å². The van der Waals surface area contributed by atoms with Crippen molar-refractivity contribution in [1.82, 2.24) is 9.78 Å². The van der Waals surface area contributed by atoms with E-state index < -0.39 is 11.9 Å². The highest BCUT2D eigenvalue weighted by molar-refractivity contribution is 6.04. The average Bonchev–Trinajstić information content (AvgIpc) is 3.15. The zero-order chi connectivity index (χ0) is 21.7. The number of nitrogens with zero attached hydrogens (tertiary/aromatic N) is 2. The monoisotopic (exact) mass is 407 g/mol. The standard InChI is InChI=1S/C22H21N3O5/c1-4-30-22(28)19-13-23-25(14(19)2)18-11-7-15(8-12-18)20(26)24-17-9-5-16(6-10-17)21(27)29-3/h5-13H,4H2,1-3H3,(H,24,26). The molecule has 0 spiro atoms. The van der Waals surface area contributed by atoms with Crippen molar-refractivity contribution in [2.75, 3.05) is 19.0 Å². The molecule has 30 heavy (non-hydrogen) atoms. The van der Waals surface area contributed by atoms with Crippen LogP contribution in [0.4, 0.5) is 5.69 Å². The van der Waals surface area contributed by atoms with Crippen LogP contribution in [-0.2, 0) is 9.47 Å². The fraction of sp³-hybridized carbons (Fsp3) is 0.182. The van der Waals surface area contributed by atoms with Gasteiger partial charge in [0.05, 0.1) is 36.9 Å². The molecule has 0 bridgehead atoms. The Morgan fingerprint density at radius 1 is 0.967 bits per heavy atom. The second kappa shape index (κ2) is 9.04. The van der Waals surface area contributed by atoms with E-state index in [0.717, 1.165) is 0 Å². The van der Waals surface area contributed by atoms with Gasteiger partial charge in [0.1, 0.15) is 5.56 Å². The third-order valence-electron chi connectivity index (χ3n) is 4.44. The number of methoxy groups -OCH3 is 1. The van der Waals surface area contributed by atoms with Crippen molar-refractivity contribution >= 4 is 23.5 Å². The Morgan fingerprint density at radius 2 is 1.60 bits per heavy atom. The molecule has 1 N–H and O–H groups in total. The Labute approximate surface area is 173 Å². The van der Waals surface area contributed by atoms with Crippen molar-refractivity contribution in [2.24, 2.45) is 0 Å². The maximum Gasteiger partial charge on any atom is 0.341 e. The van der Waals surface area contributed by atoms with E-state index in [-0.39, 0.29) is 5.91 Å². The lowest BCUT2D eigenvalue weighted by Crippen LogP contribution is -2.12. The van der Waals surface area contributed by atoms with Crippen LogP contribution in [0.15, 0.2) is 54.7 Å². The lowest BCUT2D eigenvalue weighted by atomic mass is 10.1. The van der Waals surface area contributed by atoms with Gasteiger partial charge in [-0.25, -0.2) is 14.3 Å². The molecule has 0 aliphatic heterocycles. The first-order valence-corrected chi connectivity index (χ1v) is 9.26. The zero-order valence-electron chi connectivity index (χ0n) is 16.8. The molecule has 3 rings (SSSR count). The van der Waals surface area contributed by atoms with Gasteiger partial charge < -0.3 is 14.8 Å². The number of nitrogens with one attached hydrogen (secondary N) is 1. The van der Waals surface area contributed by atoms with Crippen molar-refractivity contribution in [1.29, 1.82) is 0 Å². The van der Waals surface area contributed by atoms with Crippen LogP contribution in [0.3, 0.4) is 0 Å². The van der Waals surface area contributed by atoms with Crippen molar-refractivity contribution in [3.8, 4) is 5.69 Å². The van der Waals surface area contributed by atoms with Crippen molar-refractivity contribution in [3.05, 3.63) is 77.1 Å². The summed E-state index contributed by atoms with van der Waals surface area (Å²) < 4.78 is 11.3. The van der Waals surface area contributed by atoms with E-state index in [1.165, 1.54) is 13.3 Å². The summed E-state index contributed by atoms with van der Waals surface area (Å²) in [5.41, 5.74) is 3.16.